The van der Waals surface area contributed by atoms with Crippen molar-refractivity contribution in [1.29, 1.82) is 0 Å². The topological polar surface area (TPSA) is 70.6 Å². The number of aryl methyl sites for hydroxylation is 1. The van der Waals surface area contributed by atoms with E-state index < -0.39 is 0 Å². The van der Waals surface area contributed by atoms with Crippen molar-refractivity contribution in [3.05, 3.63) is 35.4 Å². The summed E-state index contributed by atoms with van der Waals surface area (Å²) in [6, 6.07) is 8.29. The molecule has 128 valence electrons. The van der Waals surface area contributed by atoms with Gasteiger partial charge in [0, 0.05) is 25.8 Å². The normalized spacial score (nSPS) is 18.1. The number of aliphatic hydroxyl groups excluding tert-OH is 1. The van der Waals surface area contributed by atoms with Gasteiger partial charge in [-0.1, -0.05) is 24.3 Å². The minimum Gasteiger partial charge on any atom is -0.396 e. The van der Waals surface area contributed by atoms with E-state index in [0.29, 0.717) is 19.6 Å². The zero-order valence-corrected chi connectivity index (χ0v) is 13.9. The second kappa shape index (κ2) is 9.53. The van der Waals surface area contributed by atoms with Crippen LogP contribution >= 0.6 is 0 Å². The first-order valence-corrected chi connectivity index (χ1v) is 8.55. The minimum absolute atomic E-state index is 0.0185. The molecule has 1 aromatic carbocycles. The molecule has 1 aliphatic carbocycles. The molecule has 2 atom stereocenters. The van der Waals surface area contributed by atoms with E-state index in [4.69, 9.17) is 9.84 Å². The molecular weight excluding hydrogens is 292 g/mol. The van der Waals surface area contributed by atoms with Gasteiger partial charge in [-0.25, -0.2) is 4.79 Å². The van der Waals surface area contributed by atoms with E-state index in [1.807, 2.05) is 6.92 Å². The van der Waals surface area contributed by atoms with Crippen LogP contribution < -0.4 is 10.6 Å². The number of carbonyl (C=O) groups excluding carboxylic acids is 1. The first-order chi connectivity index (χ1) is 11.2. The summed E-state index contributed by atoms with van der Waals surface area (Å²) in [5.74, 6) is 0. The summed E-state index contributed by atoms with van der Waals surface area (Å²) in [5, 5.41) is 14.4. The maximum absolute atomic E-state index is 11.6. The second-order valence-electron chi connectivity index (χ2n) is 6.12. The largest absolute Gasteiger partial charge is 0.396 e. The van der Waals surface area contributed by atoms with Crippen LogP contribution in [0.1, 0.15) is 49.8 Å². The van der Waals surface area contributed by atoms with Gasteiger partial charge >= 0.3 is 6.03 Å². The lowest BCUT2D eigenvalue weighted by Gasteiger charge is -2.25. The maximum Gasteiger partial charge on any atom is 0.314 e. The smallest absolute Gasteiger partial charge is 0.314 e. The third-order valence-corrected chi connectivity index (χ3v) is 4.18. The Morgan fingerprint density at radius 3 is 3.09 bits per heavy atom. The average Bonchev–Trinajstić information content (AvgIpc) is 2.55. The molecule has 3 N–H and O–H groups in total. The molecule has 0 heterocycles. The minimum atomic E-state index is -0.186. The predicted octanol–water partition coefficient (Wildman–Crippen LogP) is 2.54. The molecule has 23 heavy (non-hydrogen) atoms. The van der Waals surface area contributed by atoms with Crippen molar-refractivity contribution >= 4 is 6.03 Å². The van der Waals surface area contributed by atoms with Crippen LogP contribution in [0.25, 0.3) is 0 Å². The number of nitrogens with one attached hydrogen (secondary N) is 2. The van der Waals surface area contributed by atoms with Gasteiger partial charge in [-0.3, -0.25) is 0 Å². The highest BCUT2D eigenvalue weighted by molar-refractivity contribution is 5.74. The van der Waals surface area contributed by atoms with Crippen molar-refractivity contribution in [2.75, 3.05) is 19.8 Å². The van der Waals surface area contributed by atoms with Crippen molar-refractivity contribution in [3.8, 4) is 0 Å². The molecule has 0 radical (unpaired) electrons. The quantitative estimate of drug-likeness (QED) is 0.645. The van der Waals surface area contributed by atoms with Gasteiger partial charge in [-0.2, -0.15) is 0 Å². The summed E-state index contributed by atoms with van der Waals surface area (Å²) in [6.07, 6.45) is 4.94. The zero-order chi connectivity index (χ0) is 16.5. The Labute approximate surface area is 138 Å². The molecule has 0 fully saturated rings. The lowest BCUT2D eigenvalue weighted by atomic mass is 9.89. The Bertz CT molecular complexity index is 493. The Morgan fingerprint density at radius 1 is 1.43 bits per heavy atom. The molecule has 1 aromatic rings. The van der Waals surface area contributed by atoms with E-state index in [0.717, 1.165) is 19.3 Å². The lowest BCUT2D eigenvalue weighted by Crippen LogP contribution is -2.41. The molecule has 0 aliphatic heterocycles. The molecule has 1 aliphatic rings. The van der Waals surface area contributed by atoms with E-state index >= 15 is 0 Å². The predicted molar refractivity (Wildman–Crippen MR) is 90.4 cm³/mol. The van der Waals surface area contributed by atoms with Gasteiger partial charge in [0.15, 0.2) is 0 Å². The van der Waals surface area contributed by atoms with E-state index in [1.165, 1.54) is 17.5 Å². The van der Waals surface area contributed by atoms with Crippen molar-refractivity contribution < 1.29 is 14.6 Å². The first-order valence-electron chi connectivity index (χ1n) is 8.55. The van der Waals surface area contributed by atoms with E-state index in [1.54, 1.807) is 0 Å². The van der Waals surface area contributed by atoms with Crippen molar-refractivity contribution in [1.82, 2.24) is 10.6 Å². The number of carbonyl (C=O) groups is 1. The first kappa shape index (κ1) is 17.8. The zero-order valence-electron chi connectivity index (χ0n) is 13.9. The van der Waals surface area contributed by atoms with Crippen molar-refractivity contribution in [3.63, 3.8) is 0 Å². The molecule has 0 saturated heterocycles. The molecule has 5 nitrogen and oxygen atoms in total. The number of urea groups is 1. The number of amides is 2. The van der Waals surface area contributed by atoms with Crippen LogP contribution in [0.15, 0.2) is 24.3 Å². The van der Waals surface area contributed by atoms with Gasteiger partial charge in [0.05, 0.1) is 6.10 Å². The summed E-state index contributed by atoms with van der Waals surface area (Å²) in [5.41, 5.74) is 2.72. The van der Waals surface area contributed by atoms with Crippen molar-refractivity contribution in [2.24, 2.45) is 0 Å². The van der Waals surface area contributed by atoms with Crippen LogP contribution in [0, 0.1) is 0 Å². The molecule has 0 unspecified atom stereocenters. The van der Waals surface area contributed by atoms with Crippen LogP contribution in [-0.2, 0) is 11.2 Å². The molecule has 0 aromatic heterocycles. The van der Waals surface area contributed by atoms with Gasteiger partial charge in [-0.05, 0) is 50.2 Å². The van der Waals surface area contributed by atoms with Crippen LogP contribution in [-0.4, -0.2) is 36.9 Å². The highest BCUT2D eigenvalue weighted by Gasteiger charge is 2.19. The number of ether oxygens (including phenoxy) is 1. The fraction of sp³-hybridized carbons (Fsp3) is 0.611. The van der Waals surface area contributed by atoms with Gasteiger partial charge in [0.2, 0.25) is 0 Å². The highest BCUT2D eigenvalue weighted by Crippen LogP contribution is 2.32. The van der Waals surface area contributed by atoms with E-state index in [2.05, 4.69) is 34.9 Å². The fourth-order valence-corrected chi connectivity index (χ4v) is 2.92. The third-order valence-electron chi connectivity index (χ3n) is 4.18. The standard InChI is InChI=1S/C18H28N2O3/c1-14(10-12-21)20-18(22)19-11-5-13-23-17-9-4-7-15-6-2-3-8-16(15)17/h2-3,6,8,14,17,21H,4-5,7,9-13H2,1H3,(H2,19,20,22)/t14-,17+/m0/s1. The molecule has 0 saturated carbocycles. The number of hydrogen-bond donors (Lipinski definition) is 3. The monoisotopic (exact) mass is 320 g/mol. The number of fused-ring (bicyclic) bond motifs is 1. The van der Waals surface area contributed by atoms with Gasteiger partial charge in [0.1, 0.15) is 0 Å². The number of hydrogen-bond acceptors (Lipinski definition) is 3. The number of aliphatic hydroxyl groups is 1. The summed E-state index contributed by atoms with van der Waals surface area (Å²) in [6.45, 7) is 3.19. The molecule has 5 heteroatoms. The average molecular weight is 320 g/mol. The SMILES string of the molecule is C[C@@H](CCO)NC(=O)NCCCO[C@@H]1CCCc2ccccc21. The van der Waals surface area contributed by atoms with Crippen LogP contribution in [0.3, 0.4) is 0 Å². The molecule has 2 amide bonds. The molecular formula is C18H28N2O3. The maximum atomic E-state index is 11.6. The molecule has 0 spiro atoms. The Morgan fingerprint density at radius 2 is 2.26 bits per heavy atom. The lowest BCUT2D eigenvalue weighted by molar-refractivity contribution is 0.0396. The van der Waals surface area contributed by atoms with E-state index in [-0.39, 0.29) is 24.8 Å². The van der Waals surface area contributed by atoms with Crippen LogP contribution in [0.4, 0.5) is 4.79 Å². The fourth-order valence-electron chi connectivity index (χ4n) is 2.92. The Balaban J connectivity index is 1.62. The van der Waals surface area contributed by atoms with Crippen molar-refractivity contribution in [2.45, 2.75) is 51.2 Å². The Hall–Kier alpha value is -1.59. The van der Waals surface area contributed by atoms with Crippen LogP contribution in [0.2, 0.25) is 0 Å². The molecule has 0 bridgehead atoms. The van der Waals surface area contributed by atoms with E-state index in [9.17, 15) is 4.79 Å². The van der Waals surface area contributed by atoms with Gasteiger partial charge in [-0.15, -0.1) is 0 Å². The van der Waals surface area contributed by atoms with Crippen LogP contribution in [0.5, 0.6) is 0 Å². The highest BCUT2D eigenvalue weighted by atomic mass is 16.5. The summed E-state index contributed by atoms with van der Waals surface area (Å²) in [4.78, 5) is 11.6. The number of rotatable bonds is 8. The Kier molecular flexibility index (Phi) is 7.36. The summed E-state index contributed by atoms with van der Waals surface area (Å²) in [7, 11) is 0. The molecule has 2 rings (SSSR count). The summed E-state index contributed by atoms with van der Waals surface area (Å²) >= 11 is 0. The van der Waals surface area contributed by atoms with Gasteiger partial charge < -0.3 is 20.5 Å². The number of benzene rings is 1. The summed E-state index contributed by atoms with van der Waals surface area (Å²) < 4.78 is 6.01. The van der Waals surface area contributed by atoms with Gasteiger partial charge in [0.25, 0.3) is 0 Å². The second-order valence-corrected chi connectivity index (χ2v) is 6.12. The third kappa shape index (κ3) is 5.84.